The Kier molecular flexibility index (Phi) is 6.64. The van der Waals surface area contributed by atoms with Gasteiger partial charge in [0, 0.05) is 30.0 Å². The molecule has 1 amide bonds. The normalized spacial score (nSPS) is 19.7. The Hall–Kier alpha value is -3.86. The summed E-state index contributed by atoms with van der Waals surface area (Å²) in [6, 6.07) is 24.3. The van der Waals surface area contributed by atoms with Crippen LogP contribution in [0.2, 0.25) is 0 Å². The summed E-state index contributed by atoms with van der Waals surface area (Å²) < 4.78 is 11.4. The first kappa shape index (κ1) is 23.9. The van der Waals surface area contributed by atoms with Gasteiger partial charge >= 0.3 is 0 Å². The molecule has 1 aliphatic carbocycles. The third kappa shape index (κ3) is 4.78. The smallest absolute Gasteiger partial charge is 0.225 e. The van der Waals surface area contributed by atoms with E-state index in [1.807, 2.05) is 62.4 Å². The van der Waals surface area contributed by atoms with Crippen LogP contribution in [-0.2, 0) is 9.59 Å². The molecule has 1 heterocycles. The van der Waals surface area contributed by atoms with Crippen LogP contribution in [-0.4, -0.2) is 24.9 Å². The van der Waals surface area contributed by atoms with Gasteiger partial charge in [-0.3, -0.25) is 9.59 Å². The van der Waals surface area contributed by atoms with E-state index in [2.05, 4.69) is 29.6 Å². The van der Waals surface area contributed by atoms with Crippen LogP contribution in [0.25, 0.3) is 11.1 Å². The Labute approximate surface area is 212 Å². The first-order valence-corrected chi connectivity index (χ1v) is 12.5. The fourth-order valence-corrected chi connectivity index (χ4v) is 5.31. The molecule has 5 nitrogen and oxygen atoms in total. The second kappa shape index (κ2) is 10.0. The van der Waals surface area contributed by atoms with Crippen LogP contribution in [0.1, 0.15) is 56.1 Å². The molecule has 0 bridgehead atoms. The maximum Gasteiger partial charge on any atom is 0.225 e. The van der Waals surface area contributed by atoms with Gasteiger partial charge in [0.15, 0.2) is 17.3 Å². The van der Waals surface area contributed by atoms with E-state index in [9.17, 15) is 9.59 Å². The van der Waals surface area contributed by atoms with Gasteiger partial charge in [-0.1, -0.05) is 60.7 Å². The van der Waals surface area contributed by atoms with Gasteiger partial charge in [0.25, 0.3) is 0 Å². The molecule has 5 heteroatoms. The highest BCUT2D eigenvalue weighted by atomic mass is 16.5. The summed E-state index contributed by atoms with van der Waals surface area (Å²) in [4.78, 5) is 26.2. The summed E-state index contributed by atoms with van der Waals surface area (Å²) in [6.07, 6.45) is 1.33. The molecule has 1 aliphatic heterocycles. The second-order valence-electron chi connectivity index (χ2n) is 9.79. The van der Waals surface area contributed by atoms with Crippen molar-refractivity contribution < 1.29 is 19.1 Å². The van der Waals surface area contributed by atoms with Crippen molar-refractivity contribution in [3.8, 4) is 22.6 Å². The number of allylic oxidation sites excluding steroid dienone is 2. The molecule has 5 rings (SSSR count). The summed E-state index contributed by atoms with van der Waals surface area (Å²) in [5, 5.41) is 3.02. The quantitative estimate of drug-likeness (QED) is 0.458. The predicted molar refractivity (Wildman–Crippen MR) is 140 cm³/mol. The minimum Gasteiger partial charge on any atom is -0.493 e. The number of benzene rings is 3. The topological polar surface area (TPSA) is 64.6 Å². The van der Waals surface area contributed by atoms with E-state index >= 15 is 0 Å². The SMILES string of the molecule is COc1cc(C2CC(=O)C3=C(C2)NC(=O)CC3c2ccc(-c3ccccc3)cc2)ccc1OC(C)C. The average molecular weight is 482 g/mol. The number of carbonyl (C=O) groups is 2. The van der Waals surface area contributed by atoms with Crippen molar-refractivity contribution in [3.63, 3.8) is 0 Å². The van der Waals surface area contributed by atoms with Crippen LogP contribution < -0.4 is 14.8 Å². The lowest BCUT2D eigenvalue weighted by Gasteiger charge is -2.34. The number of Topliss-reactive ketones (excluding diaryl/α,β-unsaturated/α-hetero) is 1. The van der Waals surface area contributed by atoms with Crippen molar-refractivity contribution in [2.24, 2.45) is 0 Å². The van der Waals surface area contributed by atoms with Crippen LogP contribution in [0, 0.1) is 0 Å². The van der Waals surface area contributed by atoms with Crippen LogP contribution in [0.4, 0.5) is 0 Å². The molecule has 2 unspecified atom stereocenters. The highest BCUT2D eigenvalue weighted by Crippen LogP contribution is 2.44. The molecule has 2 atom stereocenters. The summed E-state index contributed by atoms with van der Waals surface area (Å²) in [6.45, 7) is 3.94. The number of methoxy groups -OCH3 is 1. The van der Waals surface area contributed by atoms with E-state index in [0.29, 0.717) is 24.3 Å². The van der Waals surface area contributed by atoms with E-state index in [0.717, 1.165) is 33.5 Å². The van der Waals surface area contributed by atoms with Crippen molar-refractivity contribution >= 4 is 11.7 Å². The Morgan fingerprint density at radius 2 is 1.50 bits per heavy atom. The molecule has 0 fully saturated rings. The molecule has 0 saturated carbocycles. The Balaban J connectivity index is 1.43. The van der Waals surface area contributed by atoms with Gasteiger partial charge in [0.05, 0.1) is 13.2 Å². The fraction of sp³-hybridized carbons (Fsp3) is 0.290. The van der Waals surface area contributed by atoms with Gasteiger partial charge in [-0.2, -0.15) is 0 Å². The minimum atomic E-state index is -0.219. The van der Waals surface area contributed by atoms with Crippen LogP contribution in [0.15, 0.2) is 84.1 Å². The molecule has 3 aromatic rings. The average Bonchev–Trinajstić information content (AvgIpc) is 2.88. The molecular weight excluding hydrogens is 450 g/mol. The number of amides is 1. The lowest BCUT2D eigenvalue weighted by Crippen LogP contribution is -2.38. The summed E-state index contributed by atoms with van der Waals surface area (Å²) >= 11 is 0. The maximum absolute atomic E-state index is 13.5. The molecule has 1 N–H and O–H groups in total. The second-order valence-corrected chi connectivity index (χ2v) is 9.79. The zero-order chi connectivity index (χ0) is 25.2. The van der Waals surface area contributed by atoms with Crippen LogP contribution in [0.3, 0.4) is 0 Å². The van der Waals surface area contributed by atoms with E-state index in [-0.39, 0.29) is 36.1 Å². The van der Waals surface area contributed by atoms with Gasteiger partial charge in [0.2, 0.25) is 5.91 Å². The molecule has 0 saturated heterocycles. The maximum atomic E-state index is 13.5. The largest absolute Gasteiger partial charge is 0.493 e. The lowest BCUT2D eigenvalue weighted by atomic mass is 9.73. The number of ketones is 1. The number of carbonyl (C=O) groups excluding carboxylic acids is 2. The van der Waals surface area contributed by atoms with Gasteiger partial charge in [-0.25, -0.2) is 0 Å². The zero-order valence-electron chi connectivity index (χ0n) is 20.9. The first-order valence-electron chi connectivity index (χ1n) is 12.5. The van der Waals surface area contributed by atoms with Crippen molar-refractivity contribution in [1.29, 1.82) is 0 Å². The monoisotopic (exact) mass is 481 g/mol. The van der Waals surface area contributed by atoms with Crippen molar-refractivity contribution in [2.45, 2.75) is 51.0 Å². The summed E-state index contributed by atoms with van der Waals surface area (Å²) in [5.74, 6) is 1.14. The number of rotatable bonds is 6. The Morgan fingerprint density at radius 3 is 2.19 bits per heavy atom. The van der Waals surface area contributed by atoms with E-state index in [4.69, 9.17) is 9.47 Å². The Bertz CT molecular complexity index is 1310. The predicted octanol–water partition coefficient (Wildman–Crippen LogP) is 6.15. The Morgan fingerprint density at radius 1 is 0.806 bits per heavy atom. The van der Waals surface area contributed by atoms with Crippen LogP contribution in [0.5, 0.6) is 11.5 Å². The third-order valence-electron chi connectivity index (χ3n) is 6.98. The number of hydrogen-bond acceptors (Lipinski definition) is 4. The third-order valence-corrected chi connectivity index (χ3v) is 6.98. The highest BCUT2D eigenvalue weighted by molar-refractivity contribution is 6.02. The minimum absolute atomic E-state index is 0.0299. The standard InChI is InChI=1S/C31H31NO4/c1-19(2)36-28-14-13-23(17-29(28)35-3)24-15-26-31(27(33)16-24)25(18-30(34)32-26)22-11-9-21(10-12-22)20-7-5-4-6-8-20/h4-14,17,19,24-25H,15-16,18H2,1-3H3,(H,32,34). The van der Waals surface area contributed by atoms with Crippen LogP contribution >= 0.6 is 0 Å². The van der Waals surface area contributed by atoms with Gasteiger partial charge in [-0.15, -0.1) is 0 Å². The number of nitrogens with one attached hydrogen (secondary N) is 1. The molecule has 3 aromatic carbocycles. The van der Waals surface area contributed by atoms with E-state index < -0.39 is 0 Å². The van der Waals surface area contributed by atoms with Crippen molar-refractivity contribution in [2.75, 3.05) is 7.11 Å². The van der Waals surface area contributed by atoms with Gasteiger partial charge < -0.3 is 14.8 Å². The van der Waals surface area contributed by atoms with Crippen molar-refractivity contribution in [1.82, 2.24) is 5.32 Å². The van der Waals surface area contributed by atoms with E-state index in [1.165, 1.54) is 0 Å². The van der Waals surface area contributed by atoms with Gasteiger partial charge in [0.1, 0.15) is 0 Å². The molecule has 184 valence electrons. The summed E-state index contributed by atoms with van der Waals surface area (Å²) in [5.41, 5.74) is 5.77. The molecule has 2 aliphatic rings. The molecule has 0 radical (unpaired) electrons. The highest BCUT2D eigenvalue weighted by Gasteiger charge is 2.38. The molecule has 0 spiro atoms. The number of ether oxygens (including phenoxy) is 2. The fourth-order valence-electron chi connectivity index (χ4n) is 5.31. The number of hydrogen-bond donors (Lipinski definition) is 1. The first-order chi connectivity index (χ1) is 17.4. The summed E-state index contributed by atoms with van der Waals surface area (Å²) in [7, 11) is 1.62. The lowest BCUT2D eigenvalue weighted by molar-refractivity contribution is -0.122. The van der Waals surface area contributed by atoms with E-state index in [1.54, 1.807) is 7.11 Å². The molecule has 36 heavy (non-hydrogen) atoms. The van der Waals surface area contributed by atoms with Crippen molar-refractivity contribution in [3.05, 3.63) is 95.2 Å². The van der Waals surface area contributed by atoms with Gasteiger partial charge in [-0.05, 0) is 60.6 Å². The zero-order valence-corrected chi connectivity index (χ0v) is 20.9. The molecular formula is C31H31NO4. The molecule has 0 aromatic heterocycles.